The van der Waals surface area contributed by atoms with Crippen molar-refractivity contribution in [3.8, 4) is 12.1 Å². The molecule has 0 radical (unpaired) electrons. The van der Waals surface area contributed by atoms with Crippen LogP contribution in [0.1, 0.15) is 49.7 Å². The number of hydrogen-bond acceptors (Lipinski definition) is 4. The van der Waals surface area contributed by atoms with Gasteiger partial charge in [-0.2, -0.15) is 10.5 Å². The standard InChI is InChI=1S/C20H26N4/c21-13-18-8-5-9-19(14-22)20(18)24-12-6-7-17(16-24)15-23-10-3-1-2-4-11-23/h5,8-9,17H,1-4,6-7,10-12,15-16H2. The van der Waals surface area contributed by atoms with Crippen LogP contribution in [0.3, 0.4) is 0 Å². The molecule has 3 rings (SSSR count). The van der Waals surface area contributed by atoms with Crippen molar-refractivity contribution >= 4 is 5.69 Å². The largest absolute Gasteiger partial charge is 0.369 e. The Balaban J connectivity index is 1.72. The lowest BCUT2D eigenvalue weighted by molar-refractivity contribution is 0.222. The summed E-state index contributed by atoms with van der Waals surface area (Å²) in [6.45, 7) is 5.53. The summed E-state index contributed by atoms with van der Waals surface area (Å²) in [4.78, 5) is 4.91. The molecule has 2 saturated heterocycles. The van der Waals surface area contributed by atoms with E-state index in [1.807, 2.05) is 12.1 Å². The molecule has 0 amide bonds. The number of nitriles is 2. The number of benzene rings is 1. The first-order chi connectivity index (χ1) is 11.8. The minimum absolute atomic E-state index is 0.629. The average molecular weight is 322 g/mol. The Bertz CT molecular complexity index is 600. The molecular formula is C20H26N4. The van der Waals surface area contributed by atoms with Gasteiger partial charge in [0.1, 0.15) is 12.1 Å². The van der Waals surface area contributed by atoms with Crippen LogP contribution in [-0.2, 0) is 0 Å². The van der Waals surface area contributed by atoms with Crippen LogP contribution < -0.4 is 4.90 Å². The minimum Gasteiger partial charge on any atom is -0.369 e. The highest BCUT2D eigenvalue weighted by molar-refractivity contribution is 5.68. The normalized spacial score (nSPS) is 22.4. The van der Waals surface area contributed by atoms with Crippen LogP contribution >= 0.6 is 0 Å². The molecule has 2 heterocycles. The molecule has 1 aromatic rings. The molecule has 1 unspecified atom stereocenters. The quantitative estimate of drug-likeness (QED) is 0.854. The van der Waals surface area contributed by atoms with Crippen molar-refractivity contribution in [1.82, 2.24) is 4.90 Å². The average Bonchev–Trinajstić information content (AvgIpc) is 2.89. The smallest absolute Gasteiger partial charge is 0.101 e. The van der Waals surface area contributed by atoms with Crippen LogP contribution in [0.2, 0.25) is 0 Å². The molecule has 4 nitrogen and oxygen atoms in total. The molecule has 2 aliphatic heterocycles. The summed E-state index contributed by atoms with van der Waals surface area (Å²) in [5, 5.41) is 18.9. The molecule has 1 aromatic carbocycles. The van der Waals surface area contributed by atoms with Gasteiger partial charge in [-0.15, -0.1) is 0 Å². The van der Waals surface area contributed by atoms with E-state index >= 15 is 0 Å². The summed E-state index contributed by atoms with van der Waals surface area (Å²) in [5.74, 6) is 0.634. The molecule has 0 saturated carbocycles. The number of nitrogens with zero attached hydrogens (tertiary/aromatic N) is 4. The third-order valence-corrected chi connectivity index (χ3v) is 5.33. The Kier molecular flexibility index (Phi) is 5.72. The Morgan fingerprint density at radius 3 is 2.21 bits per heavy atom. The molecule has 126 valence electrons. The molecule has 0 aliphatic carbocycles. The number of piperidine rings is 1. The Labute approximate surface area is 145 Å². The van der Waals surface area contributed by atoms with Crippen LogP contribution in [0.15, 0.2) is 18.2 Å². The number of hydrogen-bond donors (Lipinski definition) is 0. The molecule has 1 atom stereocenters. The van der Waals surface area contributed by atoms with Gasteiger partial charge in [0.2, 0.25) is 0 Å². The third-order valence-electron chi connectivity index (χ3n) is 5.33. The van der Waals surface area contributed by atoms with E-state index in [4.69, 9.17) is 0 Å². The van der Waals surface area contributed by atoms with Crippen LogP contribution in [0.25, 0.3) is 0 Å². The molecule has 0 N–H and O–H groups in total. The molecule has 4 heteroatoms. The number of para-hydroxylation sites is 1. The van der Waals surface area contributed by atoms with Gasteiger partial charge in [0, 0.05) is 19.6 Å². The van der Waals surface area contributed by atoms with Crippen molar-refractivity contribution in [2.45, 2.75) is 38.5 Å². The summed E-state index contributed by atoms with van der Waals surface area (Å²) in [7, 11) is 0. The van der Waals surface area contributed by atoms with Crippen molar-refractivity contribution in [3.63, 3.8) is 0 Å². The fraction of sp³-hybridized carbons (Fsp3) is 0.600. The highest BCUT2D eigenvalue weighted by atomic mass is 15.2. The van der Waals surface area contributed by atoms with Crippen molar-refractivity contribution in [2.24, 2.45) is 5.92 Å². The first kappa shape index (κ1) is 16.8. The zero-order valence-electron chi connectivity index (χ0n) is 14.4. The van der Waals surface area contributed by atoms with Crippen molar-refractivity contribution < 1.29 is 0 Å². The van der Waals surface area contributed by atoms with Crippen LogP contribution in [0, 0.1) is 28.6 Å². The van der Waals surface area contributed by atoms with Gasteiger partial charge in [-0.05, 0) is 56.8 Å². The number of anilines is 1. The zero-order valence-corrected chi connectivity index (χ0v) is 14.4. The monoisotopic (exact) mass is 322 g/mol. The maximum atomic E-state index is 9.43. The summed E-state index contributed by atoms with van der Waals surface area (Å²) in [5.41, 5.74) is 2.11. The van der Waals surface area contributed by atoms with Gasteiger partial charge < -0.3 is 9.80 Å². The van der Waals surface area contributed by atoms with Gasteiger partial charge >= 0.3 is 0 Å². The summed E-state index contributed by atoms with van der Waals surface area (Å²) < 4.78 is 0. The topological polar surface area (TPSA) is 54.1 Å². The SMILES string of the molecule is N#Cc1cccc(C#N)c1N1CCCC(CN2CCCCCC2)C1. The number of rotatable bonds is 3. The lowest BCUT2D eigenvalue weighted by atomic mass is 9.95. The van der Waals surface area contributed by atoms with Crippen molar-refractivity contribution in [2.75, 3.05) is 37.6 Å². The lowest BCUT2D eigenvalue weighted by Crippen LogP contribution is -2.42. The molecule has 2 fully saturated rings. The minimum atomic E-state index is 0.629. The van der Waals surface area contributed by atoms with E-state index in [2.05, 4.69) is 21.9 Å². The molecule has 0 spiro atoms. The van der Waals surface area contributed by atoms with E-state index < -0.39 is 0 Å². The maximum Gasteiger partial charge on any atom is 0.101 e. The van der Waals surface area contributed by atoms with Gasteiger partial charge in [0.25, 0.3) is 0 Å². The van der Waals surface area contributed by atoms with E-state index in [0.717, 1.165) is 31.7 Å². The Hall–Kier alpha value is -2.04. The predicted octanol–water partition coefficient (Wildman–Crippen LogP) is 3.52. The third kappa shape index (κ3) is 3.89. The van der Waals surface area contributed by atoms with E-state index in [1.165, 1.54) is 45.2 Å². The van der Waals surface area contributed by atoms with Gasteiger partial charge in [-0.1, -0.05) is 18.9 Å². The van der Waals surface area contributed by atoms with E-state index in [0.29, 0.717) is 17.0 Å². The second-order valence-electron chi connectivity index (χ2n) is 7.09. The Morgan fingerprint density at radius 2 is 1.58 bits per heavy atom. The van der Waals surface area contributed by atoms with Crippen molar-refractivity contribution in [3.05, 3.63) is 29.3 Å². The zero-order chi connectivity index (χ0) is 16.8. The van der Waals surface area contributed by atoms with E-state index in [1.54, 1.807) is 6.07 Å². The summed E-state index contributed by atoms with van der Waals surface area (Å²) in [6.07, 6.45) is 7.79. The second-order valence-corrected chi connectivity index (χ2v) is 7.09. The van der Waals surface area contributed by atoms with Crippen LogP contribution in [0.5, 0.6) is 0 Å². The fourth-order valence-corrected chi connectivity index (χ4v) is 4.17. The van der Waals surface area contributed by atoms with Gasteiger partial charge in [-0.25, -0.2) is 0 Å². The van der Waals surface area contributed by atoms with E-state index in [-0.39, 0.29) is 0 Å². The maximum absolute atomic E-state index is 9.43. The predicted molar refractivity (Wildman–Crippen MR) is 95.7 cm³/mol. The molecule has 0 bridgehead atoms. The summed E-state index contributed by atoms with van der Waals surface area (Å²) >= 11 is 0. The number of likely N-dealkylation sites (tertiary alicyclic amines) is 1. The van der Waals surface area contributed by atoms with E-state index in [9.17, 15) is 10.5 Å². The van der Waals surface area contributed by atoms with Crippen molar-refractivity contribution in [1.29, 1.82) is 10.5 Å². The second kappa shape index (κ2) is 8.18. The highest BCUT2D eigenvalue weighted by Gasteiger charge is 2.25. The van der Waals surface area contributed by atoms with Gasteiger partial charge in [0.05, 0.1) is 16.8 Å². The first-order valence-corrected chi connectivity index (χ1v) is 9.22. The fourth-order valence-electron chi connectivity index (χ4n) is 4.17. The lowest BCUT2D eigenvalue weighted by Gasteiger charge is -2.37. The van der Waals surface area contributed by atoms with Crippen LogP contribution in [0.4, 0.5) is 5.69 Å². The van der Waals surface area contributed by atoms with Gasteiger partial charge in [-0.3, -0.25) is 0 Å². The molecule has 24 heavy (non-hydrogen) atoms. The molecule has 2 aliphatic rings. The molecule has 0 aromatic heterocycles. The van der Waals surface area contributed by atoms with Gasteiger partial charge in [0.15, 0.2) is 0 Å². The summed E-state index contributed by atoms with van der Waals surface area (Å²) in [6, 6.07) is 10.00. The first-order valence-electron chi connectivity index (χ1n) is 9.22. The Morgan fingerprint density at radius 1 is 0.917 bits per heavy atom. The van der Waals surface area contributed by atoms with Crippen LogP contribution in [-0.4, -0.2) is 37.6 Å². The highest BCUT2D eigenvalue weighted by Crippen LogP contribution is 2.30. The molecular weight excluding hydrogens is 296 g/mol.